The Hall–Kier alpha value is -2.49. The summed E-state index contributed by atoms with van der Waals surface area (Å²) in [6.45, 7) is 4.25. The first-order chi connectivity index (χ1) is 14.8. The number of benzene rings is 1. The van der Waals surface area contributed by atoms with Crippen LogP contribution in [-0.4, -0.2) is 68.2 Å². The summed E-state index contributed by atoms with van der Waals surface area (Å²) in [6, 6.07) is 5.62. The van der Waals surface area contributed by atoms with Crippen molar-refractivity contribution in [2.45, 2.75) is 32.5 Å². The van der Waals surface area contributed by atoms with Gasteiger partial charge in [0.1, 0.15) is 5.75 Å². The Kier molecular flexibility index (Phi) is 9.42. The van der Waals surface area contributed by atoms with Crippen molar-refractivity contribution >= 4 is 11.9 Å². The van der Waals surface area contributed by atoms with E-state index in [9.17, 15) is 23.1 Å². The fraction of sp³-hybridized carbons (Fsp3) is 0.619. The zero-order valence-electron chi connectivity index (χ0n) is 17.8. The molecule has 0 bridgehead atoms. The molecule has 1 saturated heterocycles. The van der Waals surface area contributed by atoms with E-state index in [1.165, 1.54) is 19.2 Å². The van der Waals surface area contributed by atoms with Gasteiger partial charge in [0.25, 0.3) is 0 Å². The Morgan fingerprint density at radius 1 is 1.29 bits per heavy atom. The molecule has 1 atom stereocenters. The normalized spacial score (nSPS) is 16.7. The lowest BCUT2D eigenvalue weighted by molar-refractivity contribution is -0.274. The zero-order valence-corrected chi connectivity index (χ0v) is 17.8. The van der Waals surface area contributed by atoms with Crippen LogP contribution in [0, 0.1) is 11.8 Å². The number of likely N-dealkylation sites (tertiary alicyclic amines) is 1. The van der Waals surface area contributed by atoms with Crippen LogP contribution in [0.15, 0.2) is 29.3 Å². The molecule has 1 heterocycles. The predicted molar refractivity (Wildman–Crippen MR) is 110 cm³/mol. The number of aliphatic hydroxyl groups excluding tert-OH is 1. The molecular weight excluding hydrogens is 415 g/mol. The molecule has 0 amide bonds. The van der Waals surface area contributed by atoms with Gasteiger partial charge in [-0.15, -0.1) is 13.2 Å². The molecule has 1 aromatic rings. The molecule has 7 nitrogen and oxygen atoms in total. The van der Waals surface area contributed by atoms with Gasteiger partial charge in [0.15, 0.2) is 5.96 Å². The zero-order chi connectivity index (χ0) is 22.9. The highest BCUT2D eigenvalue weighted by atomic mass is 19.4. The van der Waals surface area contributed by atoms with E-state index in [0.717, 1.165) is 11.5 Å². The van der Waals surface area contributed by atoms with Crippen LogP contribution < -0.4 is 10.1 Å². The van der Waals surface area contributed by atoms with Gasteiger partial charge in [-0.25, -0.2) is 0 Å². The monoisotopic (exact) mass is 445 g/mol. The van der Waals surface area contributed by atoms with Gasteiger partial charge in [-0.1, -0.05) is 12.1 Å². The second-order valence-electron chi connectivity index (χ2n) is 7.42. The third kappa shape index (κ3) is 8.28. The summed E-state index contributed by atoms with van der Waals surface area (Å²) in [5, 5.41) is 13.0. The predicted octanol–water partition coefficient (Wildman–Crippen LogP) is 2.59. The highest BCUT2D eigenvalue weighted by Gasteiger charge is 2.31. The molecule has 2 N–H and O–H groups in total. The van der Waals surface area contributed by atoms with Crippen LogP contribution in [0.1, 0.15) is 25.3 Å². The Labute approximate surface area is 180 Å². The summed E-state index contributed by atoms with van der Waals surface area (Å²) in [5.74, 6) is -0.0272. The van der Waals surface area contributed by atoms with Gasteiger partial charge in [-0.3, -0.25) is 9.79 Å². The number of aliphatic imine (C=N–C) groups is 1. The quantitative estimate of drug-likeness (QED) is 0.364. The standard InChI is InChI=1S/C21H30F3N3O4/c1-3-25-20(27-10-8-17(9-11-27)19(29)30-2)26-13-16(14-28)12-15-4-6-18(7-5-15)31-21(22,23)24/h4-7,16-17,28H,3,8-14H2,1-2H3,(H,25,26). The molecule has 1 fully saturated rings. The molecule has 1 aliphatic rings. The van der Waals surface area contributed by atoms with E-state index in [-0.39, 0.29) is 30.2 Å². The minimum atomic E-state index is -4.72. The van der Waals surface area contributed by atoms with Crippen molar-refractivity contribution in [1.82, 2.24) is 10.2 Å². The van der Waals surface area contributed by atoms with Crippen molar-refractivity contribution in [2.75, 3.05) is 39.9 Å². The van der Waals surface area contributed by atoms with Crippen LogP contribution in [0.4, 0.5) is 13.2 Å². The highest BCUT2D eigenvalue weighted by Crippen LogP contribution is 2.23. The number of carbonyl (C=O) groups is 1. The first kappa shape index (κ1) is 24.8. The van der Waals surface area contributed by atoms with Gasteiger partial charge in [0.2, 0.25) is 0 Å². The number of halogens is 3. The second kappa shape index (κ2) is 11.8. The molecule has 0 aliphatic carbocycles. The van der Waals surface area contributed by atoms with Crippen LogP contribution in [-0.2, 0) is 16.0 Å². The SMILES string of the molecule is CCNC(=NCC(CO)Cc1ccc(OC(F)(F)F)cc1)N1CCC(C(=O)OC)CC1. The van der Waals surface area contributed by atoms with Crippen molar-refractivity contribution in [2.24, 2.45) is 16.8 Å². The minimum absolute atomic E-state index is 0.0985. The van der Waals surface area contributed by atoms with E-state index >= 15 is 0 Å². The number of carbonyl (C=O) groups excluding carboxylic acids is 1. The third-order valence-corrected chi connectivity index (χ3v) is 5.10. The van der Waals surface area contributed by atoms with Crippen molar-refractivity contribution in [3.63, 3.8) is 0 Å². The second-order valence-corrected chi connectivity index (χ2v) is 7.42. The van der Waals surface area contributed by atoms with Crippen molar-refractivity contribution in [3.05, 3.63) is 29.8 Å². The fourth-order valence-electron chi connectivity index (χ4n) is 3.48. The number of esters is 1. The van der Waals surface area contributed by atoms with Crippen LogP contribution in [0.3, 0.4) is 0 Å². The maximum Gasteiger partial charge on any atom is 0.573 e. The first-order valence-corrected chi connectivity index (χ1v) is 10.3. The van der Waals surface area contributed by atoms with E-state index in [1.807, 2.05) is 6.92 Å². The number of methoxy groups -OCH3 is 1. The van der Waals surface area contributed by atoms with Crippen molar-refractivity contribution in [3.8, 4) is 5.75 Å². The van der Waals surface area contributed by atoms with E-state index in [1.54, 1.807) is 12.1 Å². The summed E-state index contributed by atoms with van der Waals surface area (Å²) >= 11 is 0. The Morgan fingerprint density at radius 3 is 2.45 bits per heavy atom. The molecule has 31 heavy (non-hydrogen) atoms. The number of ether oxygens (including phenoxy) is 2. The number of piperidine rings is 1. The lowest BCUT2D eigenvalue weighted by Gasteiger charge is -2.33. The molecule has 2 rings (SSSR count). The van der Waals surface area contributed by atoms with Crippen LogP contribution >= 0.6 is 0 Å². The molecule has 0 spiro atoms. The van der Waals surface area contributed by atoms with E-state index in [0.29, 0.717) is 45.4 Å². The largest absolute Gasteiger partial charge is 0.573 e. The minimum Gasteiger partial charge on any atom is -0.469 e. The average Bonchev–Trinajstić information content (AvgIpc) is 2.75. The summed E-state index contributed by atoms with van der Waals surface area (Å²) in [4.78, 5) is 18.4. The lowest BCUT2D eigenvalue weighted by Crippen LogP contribution is -2.47. The Balaban J connectivity index is 1.95. The molecule has 0 radical (unpaired) electrons. The van der Waals surface area contributed by atoms with Gasteiger partial charge < -0.3 is 24.8 Å². The van der Waals surface area contributed by atoms with E-state index in [4.69, 9.17) is 4.74 Å². The molecule has 1 aromatic carbocycles. The fourth-order valence-corrected chi connectivity index (χ4v) is 3.48. The average molecular weight is 445 g/mol. The lowest BCUT2D eigenvalue weighted by atomic mass is 9.97. The molecule has 1 unspecified atom stereocenters. The maximum atomic E-state index is 12.3. The number of hydrogen-bond acceptors (Lipinski definition) is 5. The summed E-state index contributed by atoms with van der Waals surface area (Å²) in [6.07, 6.45) is -2.88. The van der Waals surface area contributed by atoms with Gasteiger partial charge in [-0.2, -0.15) is 0 Å². The number of aliphatic hydroxyl groups is 1. The summed E-state index contributed by atoms with van der Waals surface area (Å²) in [5.41, 5.74) is 0.785. The molecule has 0 saturated carbocycles. The highest BCUT2D eigenvalue weighted by molar-refractivity contribution is 5.80. The number of alkyl halides is 3. The van der Waals surface area contributed by atoms with Crippen LogP contribution in [0.25, 0.3) is 0 Å². The smallest absolute Gasteiger partial charge is 0.469 e. The van der Waals surface area contributed by atoms with Crippen molar-refractivity contribution < 1.29 is 32.5 Å². The summed E-state index contributed by atoms with van der Waals surface area (Å²) < 4.78 is 45.5. The summed E-state index contributed by atoms with van der Waals surface area (Å²) in [7, 11) is 1.39. The number of guanidine groups is 1. The maximum absolute atomic E-state index is 12.3. The van der Waals surface area contributed by atoms with Crippen LogP contribution in [0.2, 0.25) is 0 Å². The van der Waals surface area contributed by atoms with Gasteiger partial charge in [0, 0.05) is 38.7 Å². The van der Waals surface area contributed by atoms with Crippen molar-refractivity contribution in [1.29, 1.82) is 0 Å². The Morgan fingerprint density at radius 2 is 1.94 bits per heavy atom. The van der Waals surface area contributed by atoms with Gasteiger partial charge in [-0.05, 0) is 43.9 Å². The Bertz CT molecular complexity index is 718. The van der Waals surface area contributed by atoms with E-state index < -0.39 is 6.36 Å². The van der Waals surface area contributed by atoms with Crippen LogP contribution in [0.5, 0.6) is 5.75 Å². The topological polar surface area (TPSA) is 83.4 Å². The van der Waals surface area contributed by atoms with Gasteiger partial charge >= 0.3 is 12.3 Å². The first-order valence-electron chi connectivity index (χ1n) is 10.3. The molecule has 10 heteroatoms. The molecule has 1 aliphatic heterocycles. The van der Waals surface area contributed by atoms with E-state index in [2.05, 4.69) is 19.9 Å². The molecular formula is C21H30F3N3O4. The number of rotatable bonds is 8. The number of hydrogen-bond donors (Lipinski definition) is 2. The number of nitrogens with one attached hydrogen (secondary N) is 1. The van der Waals surface area contributed by atoms with Gasteiger partial charge in [0.05, 0.1) is 13.0 Å². The number of nitrogens with zero attached hydrogens (tertiary/aromatic N) is 2. The molecule has 174 valence electrons. The molecule has 0 aromatic heterocycles. The third-order valence-electron chi connectivity index (χ3n) is 5.10.